The number of nitrogens with one attached hydrogen (secondary N) is 1. The summed E-state index contributed by atoms with van der Waals surface area (Å²) in [5, 5.41) is 12.4. The second-order valence-corrected chi connectivity index (χ2v) is 5.09. The van der Waals surface area contributed by atoms with Crippen molar-refractivity contribution in [2.75, 3.05) is 20.8 Å². The Morgan fingerprint density at radius 3 is 2.57 bits per heavy atom. The summed E-state index contributed by atoms with van der Waals surface area (Å²) in [6.45, 7) is 4.71. The van der Waals surface area contributed by atoms with Crippen LogP contribution in [0.2, 0.25) is 0 Å². The topological polar surface area (TPSA) is 54.3 Å². The van der Waals surface area contributed by atoms with E-state index in [1.165, 1.54) is 5.56 Å². The molecule has 0 saturated heterocycles. The van der Waals surface area contributed by atoms with Crippen LogP contribution in [0, 0.1) is 11.3 Å². The van der Waals surface area contributed by atoms with Crippen LogP contribution in [-0.2, 0) is 6.42 Å². The molecule has 116 valence electrons. The zero-order chi connectivity index (χ0) is 15.7. The molecule has 1 aromatic carbocycles. The molecule has 1 N–H and O–H groups in total. The van der Waals surface area contributed by atoms with Gasteiger partial charge in [-0.1, -0.05) is 19.9 Å². The van der Waals surface area contributed by atoms with Crippen LogP contribution in [-0.4, -0.2) is 26.3 Å². The smallest absolute Gasteiger partial charge is 0.161 e. The van der Waals surface area contributed by atoms with Crippen LogP contribution in [0.4, 0.5) is 0 Å². The molecule has 1 rings (SSSR count). The monoisotopic (exact) mass is 290 g/mol. The molecule has 0 amide bonds. The van der Waals surface area contributed by atoms with Gasteiger partial charge in [0, 0.05) is 0 Å². The Bertz CT molecular complexity index is 476. The van der Waals surface area contributed by atoms with E-state index in [1.54, 1.807) is 7.11 Å². The Kier molecular flexibility index (Phi) is 7.04. The van der Waals surface area contributed by atoms with Gasteiger partial charge in [-0.3, -0.25) is 0 Å². The first-order chi connectivity index (χ1) is 10.1. The molecule has 21 heavy (non-hydrogen) atoms. The van der Waals surface area contributed by atoms with E-state index in [4.69, 9.17) is 9.47 Å². The zero-order valence-electron chi connectivity index (χ0n) is 13.5. The molecule has 4 heteroatoms. The molecule has 0 spiro atoms. The fourth-order valence-electron chi connectivity index (χ4n) is 2.28. The van der Waals surface area contributed by atoms with Crippen molar-refractivity contribution in [3.63, 3.8) is 0 Å². The van der Waals surface area contributed by atoms with Crippen molar-refractivity contribution in [2.24, 2.45) is 0 Å². The highest BCUT2D eigenvalue weighted by molar-refractivity contribution is 5.42. The van der Waals surface area contributed by atoms with Crippen LogP contribution in [0.5, 0.6) is 11.5 Å². The molecule has 0 aromatic heterocycles. The second-order valence-electron chi connectivity index (χ2n) is 5.09. The fourth-order valence-corrected chi connectivity index (χ4v) is 2.28. The van der Waals surface area contributed by atoms with E-state index in [9.17, 15) is 5.26 Å². The summed E-state index contributed by atoms with van der Waals surface area (Å²) in [6.07, 6.45) is 3.35. The molecule has 0 fully saturated rings. The lowest BCUT2D eigenvalue weighted by molar-refractivity contribution is 0.268. The standard InChI is InChI=1S/C17H26N2O2/c1-5-14-8-9-15(16(12-14)20-4)21-11-7-10-17(6-2,13-18)19-3/h8-9,12,19H,5-7,10-11H2,1-4H3. The van der Waals surface area contributed by atoms with Gasteiger partial charge in [-0.25, -0.2) is 0 Å². The quantitative estimate of drug-likeness (QED) is 0.709. The average Bonchev–Trinajstić information content (AvgIpc) is 2.55. The lowest BCUT2D eigenvalue weighted by Gasteiger charge is -2.24. The van der Waals surface area contributed by atoms with Gasteiger partial charge in [0.05, 0.1) is 19.8 Å². The lowest BCUT2D eigenvalue weighted by Crippen LogP contribution is -2.41. The van der Waals surface area contributed by atoms with Gasteiger partial charge in [-0.15, -0.1) is 0 Å². The minimum Gasteiger partial charge on any atom is -0.493 e. The third-order valence-electron chi connectivity index (χ3n) is 3.94. The Morgan fingerprint density at radius 2 is 2.05 bits per heavy atom. The minimum atomic E-state index is -0.445. The molecule has 4 nitrogen and oxygen atoms in total. The Labute approximate surface area is 128 Å². The van der Waals surface area contributed by atoms with Crippen LogP contribution >= 0.6 is 0 Å². The van der Waals surface area contributed by atoms with Gasteiger partial charge < -0.3 is 14.8 Å². The first kappa shape index (κ1) is 17.3. The highest BCUT2D eigenvalue weighted by Crippen LogP contribution is 2.28. The Balaban J connectivity index is 2.55. The van der Waals surface area contributed by atoms with Crippen molar-refractivity contribution in [2.45, 2.75) is 45.1 Å². The van der Waals surface area contributed by atoms with Gasteiger partial charge in [0.1, 0.15) is 5.54 Å². The number of nitrogens with zero attached hydrogens (tertiary/aromatic N) is 1. The average molecular weight is 290 g/mol. The van der Waals surface area contributed by atoms with E-state index in [1.807, 2.05) is 26.1 Å². The van der Waals surface area contributed by atoms with Gasteiger partial charge >= 0.3 is 0 Å². The van der Waals surface area contributed by atoms with Crippen LogP contribution in [0.25, 0.3) is 0 Å². The van der Waals surface area contributed by atoms with Gasteiger partial charge in [0.15, 0.2) is 11.5 Å². The summed E-state index contributed by atoms with van der Waals surface area (Å²) < 4.78 is 11.2. The van der Waals surface area contributed by atoms with Crippen LogP contribution in [0.3, 0.4) is 0 Å². The van der Waals surface area contributed by atoms with E-state index in [-0.39, 0.29) is 0 Å². The van der Waals surface area contributed by atoms with Crippen LogP contribution in [0.15, 0.2) is 18.2 Å². The third-order valence-corrected chi connectivity index (χ3v) is 3.94. The fraction of sp³-hybridized carbons (Fsp3) is 0.588. The number of hydrogen-bond donors (Lipinski definition) is 1. The summed E-state index contributed by atoms with van der Waals surface area (Å²) in [7, 11) is 3.49. The number of rotatable bonds is 9. The Morgan fingerprint density at radius 1 is 1.29 bits per heavy atom. The van der Waals surface area contributed by atoms with E-state index < -0.39 is 5.54 Å². The summed E-state index contributed by atoms with van der Waals surface area (Å²) in [6, 6.07) is 8.37. The molecule has 0 aliphatic carbocycles. The summed E-state index contributed by atoms with van der Waals surface area (Å²) in [4.78, 5) is 0. The predicted molar refractivity (Wildman–Crippen MR) is 84.8 cm³/mol. The minimum absolute atomic E-state index is 0.445. The van der Waals surface area contributed by atoms with Crippen LogP contribution in [0.1, 0.15) is 38.7 Å². The number of ether oxygens (including phenoxy) is 2. The van der Waals surface area contributed by atoms with Gasteiger partial charge in [-0.05, 0) is 50.4 Å². The first-order valence-electron chi connectivity index (χ1n) is 7.54. The van der Waals surface area contributed by atoms with Crippen molar-refractivity contribution in [3.8, 4) is 17.6 Å². The highest BCUT2D eigenvalue weighted by atomic mass is 16.5. The van der Waals surface area contributed by atoms with E-state index in [2.05, 4.69) is 24.4 Å². The maximum Gasteiger partial charge on any atom is 0.161 e. The number of benzene rings is 1. The van der Waals surface area contributed by atoms with Crippen molar-refractivity contribution in [3.05, 3.63) is 23.8 Å². The first-order valence-corrected chi connectivity index (χ1v) is 7.54. The SMILES string of the molecule is CCc1ccc(OCCCC(C#N)(CC)NC)c(OC)c1. The lowest BCUT2D eigenvalue weighted by atomic mass is 9.92. The zero-order valence-corrected chi connectivity index (χ0v) is 13.5. The normalized spacial score (nSPS) is 13.3. The van der Waals surface area contributed by atoms with Gasteiger partial charge in [0.2, 0.25) is 0 Å². The van der Waals surface area contributed by atoms with Crippen molar-refractivity contribution in [1.82, 2.24) is 5.32 Å². The summed E-state index contributed by atoms with van der Waals surface area (Å²) in [5.41, 5.74) is 0.781. The number of nitriles is 1. The van der Waals surface area contributed by atoms with E-state index >= 15 is 0 Å². The molecular weight excluding hydrogens is 264 g/mol. The van der Waals surface area contributed by atoms with Crippen LogP contribution < -0.4 is 14.8 Å². The number of methoxy groups -OCH3 is 1. The summed E-state index contributed by atoms with van der Waals surface area (Å²) >= 11 is 0. The molecule has 0 bridgehead atoms. The molecule has 0 heterocycles. The number of aryl methyl sites for hydroxylation is 1. The van der Waals surface area contributed by atoms with Crippen molar-refractivity contribution >= 4 is 0 Å². The maximum atomic E-state index is 9.26. The molecule has 1 aromatic rings. The maximum absolute atomic E-state index is 9.26. The number of hydrogen-bond acceptors (Lipinski definition) is 4. The van der Waals surface area contributed by atoms with Crippen molar-refractivity contribution < 1.29 is 9.47 Å². The van der Waals surface area contributed by atoms with Crippen molar-refractivity contribution in [1.29, 1.82) is 5.26 Å². The Hall–Kier alpha value is -1.73. The molecule has 0 radical (unpaired) electrons. The second kappa shape index (κ2) is 8.53. The van der Waals surface area contributed by atoms with Gasteiger partial charge in [-0.2, -0.15) is 5.26 Å². The van der Waals surface area contributed by atoms with Gasteiger partial charge in [0.25, 0.3) is 0 Å². The summed E-state index contributed by atoms with van der Waals surface area (Å²) in [5.74, 6) is 1.53. The van der Waals surface area contributed by atoms with E-state index in [0.717, 1.165) is 37.2 Å². The third kappa shape index (κ3) is 4.64. The molecule has 1 atom stereocenters. The molecule has 0 aliphatic rings. The highest BCUT2D eigenvalue weighted by Gasteiger charge is 2.24. The molecule has 0 aliphatic heterocycles. The largest absolute Gasteiger partial charge is 0.493 e. The molecule has 1 unspecified atom stereocenters. The molecular formula is C17H26N2O2. The predicted octanol–water partition coefficient (Wildman–Crippen LogP) is 3.31. The van der Waals surface area contributed by atoms with E-state index in [0.29, 0.717) is 6.61 Å². The molecule has 0 saturated carbocycles.